The zero-order valence-electron chi connectivity index (χ0n) is 9.11. The number of thiazole rings is 1. The summed E-state index contributed by atoms with van der Waals surface area (Å²) in [6, 6.07) is 7.93. The maximum atomic E-state index is 10.9. The Kier molecular flexibility index (Phi) is 3.59. The van der Waals surface area contributed by atoms with Crippen molar-refractivity contribution < 1.29 is 9.90 Å². The third-order valence-corrected chi connectivity index (χ3v) is 3.75. The molecule has 5 heteroatoms. The summed E-state index contributed by atoms with van der Waals surface area (Å²) in [5.41, 5.74) is 1.28. The van der Waals surface area contributed by atoms with Gasteiger partial charge in [-0.25, -0.2) is 9.78 Å². The van der Waals surface area contributed by atoms with Crippen LogP contribution in [-0.4, -0.2) is 16.1 Å². The van der Waals surface area contributed by atoms with Gasteiger partial charge in [-0.15, -0.1) is 11.3 Å². The van der Waals surface area contributed by atoms with Crippen LogP contribution in [0.1, 0.15) is 25.9 Å². The number of nitrogens with zero attached hydrogens (tertiary/aromatic N) is 1. The SMILES string of the molecule is Cc1sc(Cc2cccc(Br)c2)nc1C(=O)O. The number of carboxylic acids is 1. The van der Waals surface area contributed by atoms with Crippen LogP contribution in [0.2, 0.25) is 0 Å². The van der Waals surface area contributed by atoms with Gasteiger partial charge in [0.25, 0.3) is 0 Å². The molecule has 0 saturated carbocycles. The van der Waals surface area contributed by atoms with Crippen LogP contribution in [0.15, 0.2) is 28.7 Å². The maximum Gasteiger partial charge on any atom is 0.355 e. The number of aromatic nitrogens is 1. The van der Waals surface area contributed by atoms with Crippen molar-refractivity contribution in [3.63, 3.8) is 0 Å². The lowest BCUT2D eigenvalue weighted by atomic mass is 10.2. The molecular formula is C12H10BrNO2S. The number of benzene rings is 1. The first-order chi connectivity index (χ1) is 8.06. The normalized spacial score (nSPS) is 10.5. The summed E-state index contributed by atoms with van der Waals surface area (Å²) >= 11 is 4.84. The molecule has 0 bridgehead atoms. The minimum absolute atomic E-state index is 0.167. The van der Waals surface area contributed by atoms with E-state index in [1.54, 1.807) is 6.92 Å². The summed E-state index contributed by atoms with van der Waals surface area (Å²) in [7, 11) is 0. The second-order valence-electron chi connectivity index (χ2n) is 3.62. The Morgan fingerprint density at radius 2 is 2.29 bits per heavy atom. The Labute approximate surface area is 111 Å². The molecule has 0 radical (unpaired) electrons. The fraction of sp³-hybridized carbons (Fsp3) is 0.167. The smallest absolute Gasteiger partial charge is 0.355 e. The fourth-order valence-electron chi connectivity index (χ4n) is 1.55. The Morgan fingerprint density at radius 3 is 2.88 bits per heavy atom. The van der Waals surface area contributed by atoms with Crippen LogP contribution in [0.5, 0.6) is 0 Å². The van der Waals surface area contributed by atoms with E-state index in [9.17, 15) is 4.79 Å². The topological polar surface area (TPSA) is 50.2 Å². The average Bonchev–Trinajstić information content (AvgIpc) is 2.59. The molecule has 0 fully saturated rings. The molecule has 1 heterocycles. The van der Waals surface area contributed by atoms with Crippen molar-refractivity contribution in [2.24, 2.45) is 0 Å². The van der Waals surface area contributed by atoms with E-state index in [0.717, 1.165) is 19.9 Å². The zero-order valence-corrected chi connectivity index (χ0v) is 11.5. The largest absolute Gasteiger partial charge is 0.476 e. The molecule has 0 aliphatic rings. The highest BCUT2D eigenvalue weighted by Crippen LogP contribution is 2.21. The molecule has 1 N–H and O–H groups in total. The van der Waals surface area contributed by atoms with Crippen LogP contribution in [0.25, 0.3) is 0 Å². The highest BCUT2D eigenvalue weighted by atomic mass is 79.9. The second-order valence-corrected chi connectivity index (χ2v) is 5.83. The lowest BCUT2D eigenvalue weighted by molar-refractivity contribution is 0.0690. The number of hydrogen-bond donors (Lipinski definition) is 1. The summed E-state index contributed by atoms with van der Waals surface area (Å²) < 4.78 is 1.02. The molecule has 17 heavy (non-hydrogen) atoms. The van der Waals surface area contributed by atoms with Gasteiger partial charge in [0.1, 0.15) is 0 Å². The van der Waals surface area contributed by atoms with Crippen LogP contribution in [-0.2, 0) is 6.42 Å². The number of halogens is 1. The van der Waals surface area contributed by atoms with E-state index in [0.29, 0.717) is 6.42 Å². The number of carboxylic acid groups (broad SMARTS) is 1. The van der Waals surface area contributed by atoms with Crippen LogP contribution >= 0.6 is 27.3 Å². The van der Waals surface area contributed by atoms with Crippen molar-refractivity contribution in [1.29, 1.82) is 0 Å². The fourth-order valence-corrected chi connectivity index (χ4v) is 2.95. The summed E-state index contributed by atoms with van der Waals surface area (Å²) in [6.07, 6.45) is 0.665. The molecule has 0 aliphatic carbocycles. The van der Waals surface area contributed by atoms with Gasteiger partial charge in [-0.2, -0.15) is 0 Å². The lowest BCUT2D eigenvalue weighted by Gasteiger charge is -1.98. The number of carbonyl (C=O) groups is 1. The zero-order chi connectivity index (χ0) is 12.4. The van der Waals surface area contributed by atoms with E-state index in [2.05, 4.69) is 20.9 Å². The first kappa shape index (κ1) is 12.3. The van der Waals surface area contributed by atoms with E-state index in [-0.39, 0.29) is 5.69 Å². The van der Waals surface area contributed by atoms with Crippen molar-refractivity contribution in [3.8, 4) is 0 Å². The molecule has 0 unspecified atom stereocenters. The van der Waals surface area contributed by atoms with E-state index < -0.39 is 5.97 Å². The van der Waals surface area contributed by atoms with Gasteiger partial charge in [-0.05, 0) is 24.6 Å². The van der Waals surface area contributed by atoms with E-state index in [1.807, 2.05) is 24.3 Å². The Hall–Kier alpha value is -1.20. The van der Waals surface area contributed by atoms with E-state index in [1.165, 1.54) is 11.3 Å². The molecule has 1 aromatic heterocycles. The van der Waals surface area contributed by atoms with Crippen LogP contribution in [0.3, 0.4) is 0 Å². The number of aromatic carboxylic acids is 1. The van der Waals surface area contributed by atoms with E-state index >= 15 is 0 Å². The molecule has 0 amide bonds. The predicted molar refractivity (Wildman–Crippen MR) is 70.8 cm³/mol. The molecule has 1 aromatic carbocycles. The molecule has 0 saturated heterocycles. The Morgan fingerprint density at radius 1 is 1.53 bits per heavy atom. The van der Waals surface area contributed by atoms with Gasteiger partial charge in [-0.3, -0.25) is 0 Å². The lowest BCUT2D eigenvalue weighted by Crippen LogP contribution is -1.99. The minimum Gasteiger partial charge on any atom is -0.476 e. The van der Waals surface area contributed by atoms with Crippen LogP contribution in [0, 0.1) is 6.92 Å². The standard InChI is InChI=1S/C12H10BrNO2S/c1-7-11(12(15)16)14-10(17-7)6-8-3-2-4-9(13)5-8/h2-5H,6H2,1H3,(H,15,16). The molecular weight excluding hydrogens is 302 g/mol. The van der Waals surface area contributed by atoms with Crippen molar-refractivity contribution in [2.45, 2.75) is 13.3 Å². The van der Waals surface area contributed by atoms with E-state index in [4.69, 9.17) is 5.11 Å². The van der Waals surface area contributed by atoms with Crippen LogP contribution < -0.4 is 0 Å². The van der Waals surface area contributed by atoms with Crippen molar-refractivity contribution in [2.75, 3.05) is 0 Å². The summed E-state index contributed by atoms with van der Waals surface area (Å²) in [6.45, 7) is 1.78. The van der Waals surface area contributed by atoms with Gasteiger partial charge in [-0.1, -0.05) is 28.1 Å². The molecule has 3 nitrogen and oxygen atoms in total. The second kappa shape index (κ2) is 4.98. The van der Waals surface area contributed by atoms with Gasteiger partial charge in [0.2, 0.25) is 0 Å². The van der Waals surface area contributed by atoms with Crippen molar-refractivity contribution in [1.82, 2.24) is 4.98 Å². The quantitative estimate of drug-likeness (QED) is 0.943. The molecule has 88 valence electrons. The van der Waals surface area contributed by atoms with Gasteiger partial charge in [0, 0.05) is 15.8 Å². The highest BCUT2D eigenvalue weighted by molar-refractivity contribution is 9.10. The molecule has 0 spiro atoms. The van der Waals surface area contributed by atoms with Gasteiger partial charge < -0.3 is 5.11 Å². The molecule has 2 rings (SSSR count). The Bertz CT molecular complexity index is 565. The number of hydrogen-bond acceptors (Lipinski definition) is 3. The van der Waals surface area contributed by atoms with Crippen LogP contribution in [0.4, 0.5) is 0 Å². The first-order valence-electron chi connectivity index (χ1n) is 5.00. The van der Waals surface area contributed by atoms with Gasteiger partial charge in [0.05, 0.1) is 5.01 Å². The third-order valence-electron chi connectivity index (χ3n) is 2.29. The molecule has 2 aromatic rings. The minimum atomic E-state index is -0.959. The maximum absolute atomic E-state index is 10.9. The summed E-state index contributed by atoms with van der Waals surface area (Å²) in [5.74, 6) is -0.959. The average molecular weight is 312 g/mol. The monoisotopic (exact) mass is 311 g/mol. The third kappa shape index (κ3) is 2.92. The van der Waals surface area contributed by atoms with Gasteiger partial charge >= 0.3 is 5.97 Å². The summed E-state index contributed by atoms with van der Waals surface area (Å²) in [4.78, 5) is 15.8. The predicted octanol–water partition coefficient (Wildman–Crippen LogP) is 3.50. The highest BCUT2D eigenvalue weighted by Gasteiger charge is 2.14. The molecule has 0 atom stereocenters. The summed E-state index contributed by atoms with van der Waals surface area (Å²) in [5, 5.41) is 9.76. The Balaban J connectivity index is 2.25. The van der Waals surface area contributed by atoms with Crippen molar-refractivity contribution >= 4 is 33.2 Å². The molecule has 0 aliphatic heterocycles. The number of aryl methyl sites for hydroxylation is 1. The van der Waals surface area contributed by atoms with Crippen molar-refractivity contribution in [3.05, 3.63) is 49.9 Å². The first-order valence-corrected chi connectivity index (χ1v) is 6.61. The van der Waals surface area contributed by atoms with Gasteiger partial charge in [0.15, 0.2) is 5.69 Å². The number of rotatable bonds is 3.